The van der Waals surface area contributed by atoms with Crippen LogP contribution in [0.2, 0.25) is 5.02 Å². The molecule has 1 saturated heterocycles. The van der Waals surface area contributed by atoms with Crippen LogP contribution < -0.4 is 14.2 Å². The molecule has 37 heavy (non-hydrogen) atoms. The molecule has 0 radical (unpaired) electrons. The first-order valence-corrected chi connectivity index (χ1v) is 14.1. The Morgan fingerprint density at radius 3 is 2.68 bits per heavy atom. The van der Waals surface area contributed by atoms with Crippen molar-refractivity contribution in [2.24, 2.45) is 5.92 Å². The van der Waals surface area contributed by atoms with Crippen LogP contribution in [0.3, 0.4) is 0 Å². The van der Waals surface area contributed by atoms with Crippen LogP contribution in [0.1, 0.15) is 17.5 Å². The first-order valence-electron chi connectivity index (χ1n) is 12.3. The smallest absolute Gasteiger partial charge is 0.247 e. The molecule has 5 rings (SSSR count). The van der Waals surface area contributed by atoms with Crippen molar-refractivity contribution in [3.8, 4) is 28.4 Å². The van der Waals surface area contributed by atoms with Crippen molar-refractivity contribution in [2.75, 3.05) is 40.1 Å². The summed E-state index contributed by atoms with van der Waals surface area (Å²) in [6.07, 6.45) is 0.952. The van der Waals surface area contributed by atoms with Gasteiger partial charge in [0.1, 0.15) is 17.3 Å². The van der Waals surface area contributed by atoms with Gasteiger partial charge in [0.05, 0.1) is 20.3 Å². The van der Waals surface area contributed by atoms with Gasteiger partial charge in [0.2, 0.25) is 10.0 Å². The summed E-state index contributed by atoms with van der Waals surface area (Å²) < 4.78 is 52.2. The van der Waals surface area contributed by atoms with Gasteiger partial charge in [0.15, 0.2) is 11.5 Å². The van der Waals surface area contributed by atoms with Crippen molar-refractivity contribution < 1.29 is 27.4 Å². The minimum Gasteiger partial charge on any atom is -0.495 e. The second-order valence-electron chi connectivity index (χ2n) is 9.30. The fourth-order valence-corrected chi connectivity index (χ4v) is 6.56. The van der Waals surface area contributed by atoms with Crippen LogP contribution in [0.4, 0.5) is 0 Å². The molecule has 3 aromatic carbocycles. The summed E-state index contributed by atoms with van der Waals surface area (Å²) in [6.45, 7) is 4.45. The van der Waals surface area contributed by atoms with E-state index < -0.39 is 10.0 Å². The molecule has 0 saturated carbocycles. The molecule has 1 unspecified atom stereocenters. The second kappa shape index (κ2) is 10.9. The van der Waals surface area contributed by atoms with Crippen molar-refractivity contribution in [1.29, 1.82) is 0 Å². The van der Waals surface area contributed by atoms with Crippen molar-refractivity contribution in [2.45, 2.75) is 24.8 Å². The van der Waals surface area contributed by atoms with Crippen LogP contribution >= 0.6 is 11.6 Å². The lowest BCUT2D eigenvalue weighted by molar-refractivity contribution is 0.165. The summed E-state index contributed by atoms with van der Waals surface area (Å²) in [4.78, 5) is 0.0266. The Labute approximate surface area is 222 Å². The predicted octanol–water partition coefficient (Wildman–Crippen LogP) is 5.32. The maximum absolute atomic E-state index is 13.8. The first-order chi connectivity index (χ1) is 17.9. The molecule has 0 bridgehead atoms. The topological polar surface area (TPSA) is 74.3 Å². The van der Waals surface area contributed by atoms with Gasteiger partial charge >= 0.3 is 0 Å². The predicted molar refractivity (Wildman–Crippen MR) is 142 cm³/mol. The third-order valence-corrected chi connectivity index (χ3v) is 8.87. The summed E-state index contributed by atoms with van der Waals surface area (Å²) in [6, 6.07) is 16.7. The molecule has 0 amide bonds. The van der Waals surface area contributed by atoms with Crippen LogP contribution in [0.5, 0.6) is 17.2 Å². The fourth-order valence-electron chi connectivity index (χ4n) is 4.74. The molecule has 2 aliphatic heterocycles. The molecule has 7 nitrogen and oxygen atoms in total. The maximum Gasteiger partial charge on any atom is 0.247 e. The number of nitrogens with zero attached hydrogens (tertiary/aromatic N) is 1. The number of halogens is 1. The first kappa shape index (κ1) is 25.9. The summed E-state index contributed by atoms with van der Waals surface area (Å²) in [5, 5.41) is 0.319. The highest BCUT2D eigenvalue weighted by atomic mass is 35.5. The molecule has 196 valence electrons. The van der Waals surface area contributed by atoms with Crippen molar-refractivity contribution in [3.05, 3.63) is 70.7 Å². The summed E-state index contributed by atoms with van der Waals surface area (Å²) in [5.41, 5.74) is 3.84. The Bertz CT molecular complexity index is 1390. The van der Waals surface area contributed by atoms with Crippen molar-refractivity contribution in [3.63, 3.8) is 0 Å². The minimum atomic E-state index is -3.93. The third-order valence-electron chi connectivity index (χ3n) is 6.76. The Morgan fingerprint density at radius 2 is 1.92 bits per heavy atom. The Balaban J connectivity index is 1.55. The summed E-state index contributed by atoms with van der Waals surface area (Å²) >= 11 is 6.16. The summed E-state index contributed by atoms with van der Waals surface area (Å²) in [5.74, 6) is 1.75. The molecule has 2 aliphatic rings. The lowest BCUT2D eigenvalue weighted by Crippen LogP contribution is -2.32. The molecule has 1 fully saturated rings. The van der Waals surface area contributed by atoms with Crippen LogP contribution in [0.15, 0.2) is 59.5 Å². The lowest BCUT2D eigenvalue weighted by Gasteiger charge is -2.22. The number of methoxy groups -OCH3 is 1. The number of aryl methyl sites for hydroxylation is 1. The van der Waals surface area contributed by atoms with E-state index >= 15 is 0 Å². The molecule has 0 spiro atoms. The molecule has 2 heterocycles. The number of rotatable bonds is 7. The van der Waals surface area contributed by atoms with E-state index in [1.807, 2.05) is 24.3 Å². The highest BCUT2D eigenvalue weighted by Gasteiger charge is 2.32. The monoisotopic (exact) mass is 543 g/mol. The van der Waals surface area contributed by atoms with Gasteiger partial charge in [-0.2, -0.15) is 4.31 Å². The number of ether oxygens (including phenoxy) is 4. The fraction of sp³-hybridized carbons (Fsp3) is 0.357. The number of hydrogen-bond acceptors (Lipinski definition) is 6. The Morgan fingerprint density at radius 1 is 1.08 bits per heavy atom. The van der Waals surface area contributed by atoms with E-state index in [2.05, 4.69) is 19.1 Å². The molecular weight excluding hydrogens is 514 g/mol. The third kappa shape index (κ3) is 5.43. The van der Waals surface area contributed by atoms with E-state index in [0.717, 1.165) is 35.3 Å². The largest absolute Gasteiger partial charge is 0.495 e. The van der Waals surface area contributed by atoms with Crippen LogP contribution in [0.25, 0.3) is 11.1 Å². The van der Waals surface area contributed by atoms with Crippen LogP contribution in [-0.4, -0.2) is 52.8 Å². The summed E-state index contributed by atoms with van der Waals surface area (Å²) in [7, 11) is -2.49. The number of hydrogen-bond donors (Lipinski definition) is 0. The van der Waals surface area contributed by atoms with Gasteiger partial charge in [-0.3, -0.25) is 0 Å². The quantitative estimate of drug-likeness (QED) is 0.401. The van der Waals surface area contributed by atoms with E-state index in [-0.39, 0.29) is 30.3 Å². The molecule has 9 heteroatoms. The van der Waals surface area contributed by atoms with Gasteiger partial charge in [0, 0.05) is 36.2 Å². The van der Waals surface area contributed by atoms with Crippen molar-refractivity contribution >= 4 is 21.6 Å². The highest BCUT2D eigenvalue weighted by Crippen LogP contribution is 2.41. The van der Waals surface area contributed by atoms with E-state index in [1.54, 1.807) is 12.1 Å². The standard InChI is InChI=1S/C28H30ClNO6S/c1-19-5-3-4-6-24(19)21-13-22-16-30(37(31,32)27-15-23(29)7-8-25(27)33-2)10-12-35-28(22)26(14-21)36-18-20-9-11-34-17-20/h3-8,13-15,20H,9-12,16-18H2,1-2H3. The van der Waals surface area contributed by atoms with Crippen LogP contribution in [-0.2, 0) is 21.3 Å². The Kier molecular flexibility index (Phi) is 7.62. The van der Waals surface area contributed by atoms with Gasteiger partial charge in [-0.15, -0.1) is 0 Å². The van der Waals surface area contributed by atoms with Gasteiger partial charge in [0.25, 0.3) is 0 Å². The van der Waals surface area contributed by atoms with E-state index in [0.29, 0.717) is 35.7 Å². The van der Waals surface area contributed by atoms with E-state index in [1.165, 1.54) is 17.5 Å². The Hall–Kier alpha value is -2.78. The SMILES string of the molecule is COc1ccc(Cl)cc1S(=O)(=O)N1CCOc2c(cc(-c3ccccc3C)cc2OCC2CCOC2)C1. The molecule has 1 atom stereocenters. The van der Waals surface area contributed by atoms with Gasteiger partial charge in [-0.25, -0.2) is 8.42 Å². The molecule has 0 N–H and O–H groups in total. The second-order valence-corrected chi connectivity index (χ2v) is 11.6. The lowest BCUT2D eigenvalue weighted by atomic mass is 9.98. The zero-order chi connectivity index (χ0) is 26.0. The van der Waals surface area contributed by atoms with E-state index in [9.17, 15) is 8.42 Å². The normalized spacial score (nSPS) is 18.1. The molecule has 0 aliphatic carbocycles. The zero-order valence-corrected chi connectivity index (χ0v) is 22.5. The average molecular weight is 544 g/mol. The minimum absolute atomic E-state index is 0.0266. The number of sulfonamides is 1. The maximum atomic E-state index is 13.8. The van der Waals surface area contributed by atoms with Crippen molar-refractivity contribution in [1.82, 2.24) is 4.31 Å². The number of benzene rings is 3. The molecule has 0 aromatic heterocycles. The average Bonchev–Trinajstić information content (AvgIpc) is 3.31. The molecule has 3 aromatic rings. The van der Waals surface area contributed by atoms with Gasteiger partial charge < -0.3 is 18.9 Å². The van der Waals surface area contributed by atoms with Gasteiger partial charge in [-0.05, 0) is 60.4 Å². The van der Waals surface area contributed by atoms with Gasteiger partial charge in [-0.1, -0.05) is 35.9 Å². The number of fused-ring (bicyclic) bond motifs is 1. The van der Waals surface area contributed by atoms with Crippen LogP contribution in [0, 0.1) is 12.8 Å². The van der Waals surface area contributed by atoms with E-state index in [4.69, 9.17) is 30.5 Å². The molecular formula is C28H30ClNO6S. The zero-order valence-electron chi connectivity index (χ0n) is 20.9. The highest BCUT2D eigenvalue weighted by molar-refractivity contribution is 7.89.